The average molecular weight is 527 g/mol. The van der Waals surface area contributed by atoms with Gasteiger partial charge in [-0.2, -0.15) is 4.31 Å². The third-order valence-corrected chi connectivity index (χ3v) is 10.5. The van der Waals surface area contributed by atoms with Gasteiger partial charge in [0.05, 0.1) is 30.9 Å². The molecule has 1 aromatic carbocycles. The highest BCUT2D eigenvalue weighted by Gasteiger charge is 2.57. The molecule has 1 heterocycles. The van der Waals surface area contributed by atoms with Gasteiger partial charge in [-0.1, -0.05) is 15.9 Å². The van der Waals surface area contributed by atoms with Crippen LogP contribution >= 0.6 is 15.9 Å². The number of sulfonamides is 1. The summed E-state index contributed by atoms with van der Waals surface area (Å²) in [6, 6.07) is 4.67. The molecule has 5 fully saturated rings. The summed E-state index contributed by atoms with van der Waals surface area (Å²) in [6.07, 6.45) is 7.50. The fourth-order valence-electron chi connectivity index (χ4n) is 6.96. The van der Waals surface area contributed by atoms with Gasteiger partial charge in [-0.05, 0) is 74.0 Å². The number of nitrogens with one attached hydrogen (secondary N) is 1. The van der Waals surface area contributed by atoms with E-state index in [1.54, 1.807) is 6.07 Å². The molecule has 1 N–H and O–H groups in total. The van der Waals surface area contributed by atoms with Crippen LogP contribution in [0.4, 0.5) is 5.69 Å². The standard InChI is InChI=1S/C23H31BrN2O5S/c1-30-20-3-2-18(32(28,29)26-4-6-31-7-5-26)9-19(20)25-21(27)14-22-10-16-8-17(11-22)13-23(24,12-16)15-22/h2-3,9,16-17H,4-8,10-15H2,1H3,(H,25,27)/t16-,17-,22?,23?/m1/s1. The minimum absolute atomic E-state index is 0.0440. The molecule has 0 spiro atoms. The van der Waals surface area contributed by atoms with Crippen molar-refractivity contribution in [1.82, 2.24) is 4.31 Å². The van der Waals surface area contributed by atoms with Crippen molar-refractivity contribution in [2.75, 3.05) is 38.7 Å². The maximum absolute atomic E-state index is 13.2. The summed E-state index contributed by atoms with van der Waals surface area (Å²) >= 11 is 4.01. The monoisotopic (exact) mass is 526 g/mol. The molecule has 0 aromatic heterocycles. The van der Waals surface area contributed by atoms with Gasteiger partial charge in [0, 0.05) is 23.8 Å². The number of morpholine rings is 1. The molecule has 0 unspecified atom stereocenters. The number of ether oxygens (including phenoxy) is 2. The lowest BCUT2D eigenvalue weighted by Gasteiger charge is -2.60. The van der Waals surface area contributed by atoms with Gasteiger partial charge in [0.25, 0.3) is 0 Å². The van der Waals surface area contributed by atoms with Crippen LogP contribution in [-0.4, -0.2) is 56.4 Å². The molecule has 1 aliphatic heterocycles. The van der Waals surface area contributed by atoms with Crippen molar-refractivity contribution in [1.29, 1.82) is 0 Å². The molecule has 4 aliphatic carbocycles. The van der Waals surface area contributed by atoms with E-state index in [1.807, 2.05) is 0 Å². The number of nitrogens with zero attached hydrogens (tertiary/aromatic N) is 1. The second-order valence-corrected chi connectivity index (χ2v) is 13.8. The maximum atomic E-state index is 13.2. The first-order valence-corrected chi connectivity index (χ1v) is 13.7. The van der Waals surface area contributed by atoms with Crippen LogP contribution in [0.25, 0.3) is 0 Å². The smallest absolute Gasteiger partial charge is 0.243 e. The van der Waals surface area contributed by atoms with Gasteiger partial charge in [0.15, 0.2) is 0 Å². The SMILES string of the molecule is COc1ccc(S(=O)(=O)N2CCOCC2)cc1NC(=O)CC12C[C@H]3C[C@@H](CC(Br)(C3)C1)C2. The largest absolute Gasteiger partial charge is 0.495 e. The summed E-state index contributed by atoms with van der Waals surface area (Å²) in [5.41, 5.74) is 0.452. The van der Waals surface area contributed by atoms with Crippen LogP contribution in [0.5, 0.6) is 5.75 Å². The summed E-state index contributed by atoms with van der Waals surface area (Å²) in [6.45, 7) is 1.43. The van der Waals surface area contributed by atoms with Crippen LogP contribution in [0, 0.1) is 17.3 Å². The number of rotatable bonds is 6. The topological polar surface area (TPSA) is 84.9 Å². The second kappa shape index (κ2) is 8.25. The lowest BCUT2D eigenvalue weighted by molar-refractivity contribution is -0.123. The van der Waals surface area contributed by atoms with E-state index in [-0.39, 0.29) is 20.5 Å². The van der Waals surface area contributed by atoms with Crippen molar-refractivity contribution in [2.24, 2.45) is 17.3 Å². The number of hydrogen-bond donors (Lipinski definition) is 1. The Morgan fingerprint density at radius 2 is 1.91 bits per heavy atom. The van der Waals surface area contributed by atoms with E-state index in [0.29, 0.717) is 56.0 Å². The van der Waals surface area contributed by atoms with Crippen molar-refractivity contribution in [3.05, 3.63) is 18.2 Å². The second-order valence-electron chi connectivity index (χ2n) is 10.2. The molecule has 9 heteroatoms. The number of alkyl halides is 1. The first-order valence-electron chi connectivity index (χ1n) is 11.5. The van der Waals surface area contributed by atoms with Crippen molar-refractivity contribution < 1.29 is 22.7 Å². The highest BCUT2D eigenvalue weighted by atomic mass is 79.9. The zero-order chi connectivity index (χ0) is 22.6. The molecular weight excluding hydrogens is 496 g/mol. The summed E-state index contributed by atoms with van der Waals surface area (Å²) in [5, 5.41) is 2.98. The van der Waals surface area contributed by atoms with Crippen LogP contribution in [-0.2, 0) is 19.6 Å². The first kappa shape index (κ1) is 22.6. The fraction of sp³-hybridized carbons (Fsp3) is 0.696. The molecule has 4 bridgehead atoms. The number of methoxy groups -OCH3 is 1. The Hall–Kier alpha value is -1.16. The maximum Gasteiger partial charge on any atom is 0.243 e. The predicted octanol–water partition coefficient (Wildman–Crippen LogP) is 3.78. The van der Waals surface area contributed by atoms with E-state index in [2.05, 4.69) is 21.2 Å². The predicted molar refractivity (Wildman–Crippen MR) is 125 cm³/mol. The van der Waals surface area contributed by atoms with Crippen LogP contribution in [0.2, 0.25) is 0 Å². The minimum Gasteiger partial charge on any atom is -0.495 e. The third-order valence-electron chi connectivity index (χ3n) is 7.70. The summed E-state index contributed by atoms with van der Waals surface area (Å²) < 4.78 is 38.5. The number of halogens is 1. The molecule has 176 valence electrons. The number of anilines is 1. The molecule has 1 amide bonds. The van der Waals surface area contributed by atoms with Gasteiger partial charge in [-0.15, -0.1) is 0 Å². The van der Waals surface area contributed by atoms with Crippen molar-refractivity contribution in [2.45, 2.75) is 54.2 Å². The van der Waals surface area contributed by atoms with Gasteiger partial charge in [-0.3, -0.25) is 4.79 Å². The van der Waals surface area contributed by atoms with Crippen LogP contribution in [0.15, 0.2) is 23.1 Å². The molecule has 0 radical (unpaired) electrons. The Kier molecular flexibility index (Phi) is 5.83. The molecule has 6 rings (SSSR count). The number of carbonyl (C=O) groups is 1. The molecule has 4 saturated carbocycles. The summed E-state index contributed by atoms with van der Waals surface area (Å²) in [5.74, 6) is 1.81. The molecule has 1 saturated heterocycles. The van der Waals surface area contributed by atoms with Gasteiger partial charge in [-0.25, -0.2) is 8.42 Å². The van der Waals surface area contributed by atoms with Gasteiger partial charge >= 0.3 is 0 Å². The first-order chi connectivity index (χ1) is 15.2. The minimum atomic E-state index is -3.66. The Labute approximate surface area is 198 Å². The average Bonchev–Trinajstić information content (AvgIpc) is 2.72. The third kappa shape index (κ3) is 4.21. The van der Waals surface area contributed by atoms with E-state index >= 15 is 0 Å². The van der Waals surface area contributed by atoms with Crippen LogP contribution in [0.3, 0.4) is 0 Å². The lowest BCUT2D eigenvalue weighted by atomic mass is 9.48. The number of benzene rings is 1. The molecule has 2 atom stereocenters. The number of carbonyl (C=O) groups excluding carboxylic acids is 1. The highest BCUT2D eigenvalue weighted by Crippen LogP contribution is 2.65. The van der Waals surface area contributed by atoms with Crippen molar-refractivity contribution in [3.8, 4) is 5.75 Å². The summed E-state index contributed by atoms with van der Waals surface area (Å²) in [4.78, 5) is 13.3. The molecule has 32 heavy (non-hydrogen) atoms. The Balaban J connectivity index is 1.34. The van der Waals surface area contributed by atoms with Gasteiger partial charge in [0.2, 0.25) is 15.9 Å². The number of amides is 1. The highest BCUT2D eigenvalue weighted by molar-refractivity contribution is 9.10. The molecule has 5 aliphatic rings. The van der Waals surface area contributed by atoms with E-state index < -0.39 is 10.0 Å². The zero-order valence-electron chi connectivity index (χ0n) is 18.4. The molecular formula is C23H31BrN2O5S. The van der Waals surface area contributed by atoms with Crippen LogP contribution in [0.1, 0.15) is 44.9 Å². The van der Waals surface area contributed by atoms with Crippen molar-refractivity contribution in [3.63, 3.8) is 0 Å². The zero-order valence-corrected chi connectivity index (χ0v) is 20.8. The Bertz CT molecular complexity index is 994. The molecule has 1 aromatic rings. The Morgan fingerprint density at radius 1 is 1.22 bits per heavy atom. The van der Waals surface area contributed by atoms with E-state index in [0.717, 1.165) is 19.3 Å². The quantitative estimate of drug-likeness (QED) is 0.570. The molecule has 7 nitrogen and oxygen atoms in total. The number of hydrogen-bond acceptors (Lipinski definition) is 5. The Morgan fingerprint density at radius 3 is 2.53 bits per heavy atom. The van der Waals surface area contributed by atoms with Gasteiger partial charge < -0.3 is 14.8 Å². The van der Waals surface area contributed by atoms with E-state index in [4.69, 9.17) is 9.47 Å². The lowest BCUT2D eigenvalue weighted by Crippen LogP contribution is -2.53. The van der Waals surface area contributed by atoms with E-state index in [1.165, 1.54) is 42.8 Å². The fourth-order valence-corrected chi connectivity index (χ4v) is 9.90. The van der Waals surface area contributed by atoms with Crippen LogP contribution < -0.4 is 10.1 Å². The van der Waals surface area contributed by atoms with Gasteiger partial charge in [0.1, 0.15) is 5.75 Å². The summed E-state index contributed by atoms with van der Waals surface area (Å²) in [7, 11) is -2.13. The van der Waals surface area contributed by atoms with E-state index in [9.17, 15) is 13.2 Å². The van der Waals surface area contributed by atoms with Crippen molar-refractivity contribution >= 4 is 37.5 Å². The normalized spacial score (nSPS) is 34.4.